The van der Waals surface area contributed by atoms with Crippen molar-refractivity contribution in [2.24, 2.45) is 0 Å². The van der Waals surface area contributed by atoms with E-state index in [1.807, 2.05) is 58.0 Å². The lowest BCUT2D eigenvalue weighted by Gasteiger charge is -2.38. The van der Waals surface area contributed by atoms with Crippen LogP contribution in [-0.4, -0.2) is 51.0 Å². The van der Waals surface area contributed by atoms with Crippen molar-refractivity contribution in [1.29, 1.82) is 0 Å². The molecule has 3 atom stereocenters. The van der Waals surface area contributed by atoms with Gasteiger partial charge in [-0.1, -0.05) is 54.6 Å². The van der Waals surface area contributed by atoms with Crippen LogP contribution in [0.25, 0.3) is 0 Å². The number of benzene rings is 3. The van der Waals surface area contributed by atoms with Crippen LogP contribution in [0, 0.1) is 0 Å². The second kappa shape index (κ2) is 11.9. The summed E-state index contributed by atoms with van der Waals surface area (Å²) in [5, 5.41) is 3.74. The van der Waals surface area contributed by atoms with Gasteiger partial charge in [0.2, 0.25) is 0 Å². The van der Waals surface area contributed by atoms with E-state index in [1.54, 1.807) is 21.3 Å². The Bertz CT molecular complexity index is 1140. The average Bonchev–Trinajstić information content (AvgIpc) is 3.39. The first kappa shape index (κ1) is 28.1. The molecule has 1 fully saturated rings. The maximum absolute atomic E-state index is 6.54. The number of rotatable bonds is 11. The molecule has 0 bridgehead atoms. The minimum Gasteiger partial charge on any atom is -0.497 e. The average molecular weight is 520 g/mol. The van der Waals surface area contributed by atoms with E-state index in [0.29, 0.717) is 6.42 Å². The molecule has 4 rings (SSSR count). The third kappa shape index (κ3) is 6.21. The second-order valence-electron chi connectivity index (χ2n) is 10.8. The van der Waals surface area contributed by atoms with Gasteiger partial charge in [-0.15, -0.1) is 0 Å². The highest BCUT2D eigenvalue weighted by atomic mass is 16.7. The van der Waals surface area contributed by atoms with Gasteiger partial charge < -0.3 is 29.0 Å². The Hall–Kier alpha value is -2.90. The summed E-state index contributed by atoms with van der Waals surface area (Å²) in [5.41, 5.74) is 3.40. The number of methoxy groups -OCH3 is 3. The first-order chi connectivity index (χ1) is 18.2. The summed E-state index contributed by atoms with van der Waals surface area (Å²) < 4.78 is 30.1. The van der Waals surface area contributed by atoms with Crippen LogP contribution in [0.1, 0.15) is 50.4 Å². The van der Waals surface area contributed by atoms with Crippen LogP contribution in [0.2, 0.25) is 0 Å². The first-order valence-electron chi connectivity index (χ1n) is 13.1. The number of ether oxygens (including phenoxy) is 5. The molecule has 3 aromatic carbocycles. The predicted octanol–water partition coefficient (Wildman–Crippen LogP) is 6.40. The third-order valence-electron chi connectivity index (χ3n) is 7.58. The van der Waals surface area contributed by atoms with Gasteiger partial charge in [-0.25, -0.2) is 0 Å². The van der Waals surface area contributed by atoms with Crippen molar-refractivity contribution >= 4 is 5.69 Å². The van der Waals surface area contributed by atoms with Gasteiger partial charge in [0.05, 0.1) is 24.4 Å². The van der Waals surface area contributed by atoms with Crippen molar-refractivity contribution in [2.45, 2.75) is 69.9 Å². The zero-order valence-electron chi connectivity index (χ0n) is 23.6. The van der Waals surface area contributed by atoms with Crippen LogP contribution in [0.4, 0.5) is 5.69 Å². The monoisotopic (exact) mass is 519 g/mol. The molecule has 0 spiro atoms. The summed E-state index contributed by atoms with van der Waals surface area (Å²) in [5.74, 6) is 0.824. The van der Waals surface area contributed by atoms with Crippen LogP contribution in [0.5, 0.6) is 5.75 Å². The lowest BCUT2D eigenvalue weighted by atomic mass is 9.87. The molecule has 0 amide bonds. The summed E-state index contributed by atoms with van der Waals surface area (Å²) in [4.78, 5) is 0. The third-order valence-corrected chi connectivity index (χ3v) is 7.58. The van der Waals surface area contributed by atoms with Gasteiger partial charge in [-0.05, 0) is 68.7 Å². The van der Waals surface area contributed by atoms with E-state index in [4.69, 9.17) is 23.7 Å². The standard InChI is InChI=1S/C32H41NO5/c1-31(2,35-6)29-30(32(3,4)36-7)38-27(37-29)21-23-15-11-12-16-26(23)28(22-13-9-8-10-14-22)33-24-17-19-25(34-5)20-18-24/h8-20,27-30,33H,21H2,1-7H3/t28-,29-,30-/m1/s1. The van der Waals surface area contributed by atoms with Gasteiger partial charge >= 0.3 is 0 Å². The van der Waals surface area contributed by atoms with Crippen molar-refractivity contribution < 1.29 is 23.7 Å². The molecule has 1 N–H and O–H groups in total. The Kier molecular flexibility index (Phi) is 8.78. The predicted molar refractivity (Wildman–Crippen MR) is 151 cm³/mol. The molecule has 1 saturated heterocycles. The van der Waals surface area contributed by atoms with Gasteiger partial charge in [-0.2, -0.15) is 0 Å². The Morgan fingerprint density at radius 2 is 1.29 bits per heavy atom. The first-order valence-corrected chi connectivity index (χ1v) is 13.1. The number of anilines is 1. The SMILES string of the molecule is COc1ccc(N[C@H](c2ccccc2)c2ccccc2CC2O[C@@H](C(C)(C)OC)[C@H](C(C)(C)OC)O2)cc1. The molecule has 3 aromatic rings. The van der Waals surface area contributed by atoms with E-state index in [0.717, 1.165) is 17.0 Å². The Balaban J connectivity index is 1.65. The number of hydrogen-bond acceptors (Lipinski definition) is 6. The fraction of sp³-hybridized carbons (Fsp3) is 0.438. The van der Waals surface area contributed by atoms with Gasteiger partial charge in [0.25, 0.3) is 0 Å². The molecule has 1 aliphatic heterocycles. The van der Waals surface area contributed by atoms with E-state index >= 15 is 0 Å². The minimum atomic E-state index is -0.544. The molecule has 6 nitrogen and oxygen atoms in total. The van der Waals surface area contributed by atoms with Crippen molar-refractivity contribution in [3.05, 3.63) is 95.6 Å². The van der Waals surface area contributed by atoms with Gasteiger partial charge in [0, 0.05) is 26.3 Å². The van der Waals surface area contributed by atoms with Crippen LogP contribution < -0.4 is 10.1 Å². The van der Waals surface area contributed by atoms with Crippen molar-refractivity contribution in [2.75, 3.05) is 26.6 Å². The summed E-state index contributed by atoms with van der Waals surface area (Å²) in [6.07, 6.45) is -0.424. The van der Waals surface area contributed by atoms with Crippen molar-refractivity contribution in [3.63, 3.8) is 0 Å². The van der Waals surface area contributed by atoms with Crippen LogP contribution >= 0.6 is 0 Å². The smallest absolute Gasteiger partial charge is 0.162 e. The summed E-state index contributed by atoms with van der Waals surface area (Å²) >= 11 is 0. The van der Waals surface area contributed by atoms with Crippen LogP contribution in [0.3, 0.4) is 0 Å². The zero-order chi connectivity index (χ0) is 27.3. The summed E-state index contributed by atoms with van der Waals surface area (Å²) in [6, 6.07) is 26.9. The normalized spacial score (nSPS) is 19.3. The maximum atomic E-state index is 6.54. The molecule has 0 aromatic heterocycles. The number of hydrogen-bond donors (Lipinski definition) is 1. The lowest BCUT2D eigenvalue weighted by molar-refractivity contribution is -0.132. The quantitative estimate of drug-likeness (QED) is 0.316. The van der Waals surface area contributed by atoms with Gasteiger partial charge in [-0.3, -0.25) is 0 Å². The Labute approximate surface area is 227 Å². The highest BCUT2D eigenvalue weighted by molar-refractivity contribution is 5.52. The molecule has 0 unspecified atom stereocenters. The molecular formula is C32H41NO5. The minimum absolute atomic E-state index is 0.0698. The molecular weight excluding hydrogens is 478 g/mol. The highest BCUT2D eigenvalue weighted by Gasteiger charge is 2.52. The summed E-state index contributed by atoms with van der Waals surface area (Å²) in [7, 11) is 5.09. The largest absolute Gasteiger partial charge is 0.497 e. The molecule has 38 heavy (non-hydrogen) atoms. The summed E-state index contributed by atoms with van der Waals surface area (Å²) in [6.45, 7) is 8.11. The van der Waals surface area contributed by atoms with Crippen molar-refractivity contribution in [3.8, 4) is 5.75 Å². The van der Waals surface area contributed by atoms with E-state index in [2.05, 4.69) is 53.8 Å². The molecule has 0 aliphatic carbocycles. The fourth-order valence-electron chi connectivity index (χ4n) is 4.91. The van der Waals surface area contributed by atoms with E-state index in [1.165, 1.54) is 11.1 Å². The van der Waals surface area contributed by atoms with Gasteiger partial charge in [0.15, 0.2) is 6.29 Å². The van der Waals surface area contributed by atoms with Crippen LogP contribution in [-0.2, 0) is 25.4 Å². The Morgan fingerprint density at radius 1 is 0.737 bits per heavy atom. The zero-order valence-corrected chi connectivity index (χ0v) is 23.6. The topological polar surface area (TPSA) is 58.2 Å². The molecule has 0 radical (unpaired) electrons. The molecule has 6 heteroatoms. The molecule has 1 aliphatic rings. The molecule has 1 heterocycles. The van der Waals surface area contributed by atoms with E-state index < -0.39 is 17.5 Å². The number of nitrogens with one attached hydrogen (secondary N) is 1. The Morgan fingerprint density at radius 3 is 1.84 bits per heavy atom. The fourth-order valence-corrected chi connectivity index (χ4v) is 4.91. The van der Waals surface area contributed by atoms with Crippen LogP contribution in [0.15, 0.2) is 78.9 Å². The molecule has 204 valence electrons. The van der Waals surface area contributed by atoms with E-state index in [9.17, 15) is 0 Å². The maximum Gasteiger partial charge on any atom is 0.162 e. The lowest BCUT2D eigenvalue weighted by Crippen LogP contribution is -2.53. The highest BCUT2D eigenvalue weighted by Crippen LogP contribution is 2.38. The van der Waals surface area contributed by atoms with Gasteiger partial charge in [0.1, 0.15) is 18.0 Å². The second-order valence-corrected chi connectivity index (χ2v) is 10.8. The van der Waals surface area contributed by atoms with E-state index in [-0.39, 0.29) is 18.2 Å². The van der Waals surface area contributed by atoms with Crippen molar-refractivity contribution in [1.82, 2.24) is 0 Å². The molecule has 0 saturated carbocycles.